The van der Waals surface area contributed by atoms with E-state index < -0.39 is 6.10 Å². The van der Waals surface area contributed by atoms with Gasteiger partial charge in [0.25, 0.3) is 0 Å². The Kier molecular flexibility index (Phi) is 6.64. The van der Waals surface area contributed by atoms with E-state index in [4.69, 9.17) is 24.1 Å². The smallest absolute Gasteiger partial charge is 0.172 e. The van der Waals surface area contributed by atoms with Crippen LogP contribution in [-0.2, 0) is 4.74 Å². The van der Waals surface area contributed by atoms with Crippen molar-refractivity contribution < 1.29 is 24.1 Å². The summed E-state index contributed by atoms with van der Waals surface area (Å²) in [6.45, 7) is 0.299. The van der Waals surface area contributed by atoms with Gasteiger partial charge in [-0.1, -0.05) is 0 Å². The lowest BCUT2D eigenvalue weighted by atomic mass is 10.1. The average molecular weight is 281 g/mol. The molecule has 0 aliphatic rings. The first-order valence-corrected chi connectivity index (χ1v) is 6.13. The predicted molar refractivity (Wildman–Crippen MR) is 72.1 cm³/mol. The minimum atomic E-state index is -0.795. The first-order chi connectivity index (χ1) is 9.71. The van der Waals surface area contributed by atoms with Crippen LogP contribution in [0.2, 0.25) is 0 Å². The van der Waals surface area contributed by atoms with Gasteiger partial charge in [-0.25, -0.2) is 0 Å². The van der Waals surface area contributed by atoms with E-state index in [1.54, 1.807) is 12.1 Å². The molecular weight excluding hydrogens is 262 g/mol. The molecule has 1 aromatic rings. The summed E-state index contributed by atoms with van der Waals surface area (Å²) >= 11 is 0. The zero-order valence-electron chi connectivity index (χ0n) is 11.9. The second-order valence-corrected chi connectivity index (χ2v) is 3.91. The molecule has 1 rings (SSSR count). The molecule has 0 amide bonds. The summed E-state index contributed by atoms with van der Waals surface area (Å²) in [5.74, 6) is 1.49. The van der Waals surface area contributed by atoms with Gasteiger partial charge in [0.05, 0.1) is 34.0 Å². The van der Waals surface area contributed by atoms with E-state index in [-0.39, 0.29) is 13.2 Å². The van der Waals surface area contributed by atoms with Crippen LogP contribution in [0.25, 0.3) is 0 Å². The molecule has 6 heteroatoms. The second-order valence-electron chi connectivity index (χ2n) is 3.91. The summed E-state index contributed by atoms with van der Waals surface area (Å²) in [4.78, 5) is 0. The van der Waals surface area contributed by atoms with Crippen molar-refractivity contribution in [2.45, 2.75) is 12.5 Å². The van der Waals surface area contributed by atoms with Crippen LogP contribution in [-0.4, -0.2) is 39.6 Å². The molecule has 1 aromatic carbocycles. The van der Waals surface area contributed by atoms with Crippen LogP contribution in [0.4, 0.5) is 0 Å². The van der Waals surface area contributed by atoms with Crippen LogP contribution in [0, 0.1) is 11.3 Å². The summed E-state index contributed by atoms with van der Waals surface area (Å²) in [5.41, 5.74) is 0.561. The van der Waals surface area contributed by atoms with E-state index in [2.05, 4.69) is 6.07 Å². The fourth-order valence-corrected chi connectivity index (χ4v) is 1.72. The van der Waals surface area contributed by atoms with E-state index in [9.17, 15) is 5.26 Å². The van der Waals surface area contributed by atoms with Gasteiger partial charge in [-0.2, -0.15) is 5.26 Å². The number of aliphatic hydroxyl groups excluding tert-OH is 1. The van der Waals surface area contributed by atoms with Crippen LogP contribution in [0.1, 0.15) is 18.1 Å². The molecule has 0 aliphatic carbocycles. The van der Waals surface area contributed by atoms with Crippen molar-refractivity contribution in [2.24, 2.45) is 0 Å². The highest BCUT2D eigenvalue weighted by Crippen LogP contribution is 2.38. The summed E-state index contributed by atoms with van der Waals surface area (Å²) < 4.78 is 21.1. The van der Waals surface area contributed by atoms with Gasteiger partial charge >= 0.3 is 0 Å². The van der Waals surface area contributed by atoms with Crippen molar-refractivity contribution in [3.63, 3.8) is 0 Å². The van der Waals surface area contributed by atoms with Gasteiger partial charge < -0.3 is 24.1 Å². The monoisotopic (exact) mass is 281 g/mol. The largest absolute Gasteiger partial charge is 0.496 e. The maximum atomic E-state index is 9.22. The fourth-order valence-electron chi connectivity index (χ4n) is 1.72. The van der Waals surface area contributed by atoms with Crippen molar-refractivity contribution in [1.29, 1.82) is 5.26 Å². The SMILES string of the molecule is COc1cc(OC)c(C(C#N)OCCCO)cc1OC. The molecular formula is C14H19NO5. The Hall–Kier alpha value is -1.97. The Bertz CT molecular complexity index is 469. The third-order valence-electron chi connectivity index (χ3n) is 2.72. The maximum absolute atomic E-state index is 9.22. The summed E-state index contributed by atoms with van der Waals surface area (Å²) in [6, 6.07) is 5.36. The molecule has 0 aromatic heterocycles. The molecule has 0 aliphatic heterocycles. The van der Waals surface area contributed by atoms with Gasteiger partial charge in [-0.3, -0.25) is 0 Å². The second kappa shape index (κ2) is 8.25. The molecule has 1 atom stereocenters. The number of aliphatic hydroxyl groups is 1. The van der Waals surface area contributed by atoms with Crippen molar-refractivity contribution >= 4 is 0 Å². The number of nitrogens with zero attached hydrogens (tertiary/aromatic N) is 1. The molecule has 0 saturated heterocycles. The Morgan fingerprint density at radius 2 is 1.70 bits per heavy atom. The summed E-state index contributed by atoms with van der Waals surface area (Å²) in [7, 11) is 4.55. The number of methoxy groups -OCH3 is 3. The maximum Gasteiger partial charge on any atom is 0.172 e. The molecule has 110 valence electrons. The molecule has 0 heterocycles. The number of rotatable bonds is 8. The van der Waals surface area contributed by atoms with Crippen LogP contribution in [0.3, 0.4) is 0 Å². The van der Waals surface area contributed by atoms with E-state index in [0.717, 1.165) is 0 Å². The Morgan fingerprint density at radius 3 is 2.20 bits per heavy atom. The van der Waals surface area contributed by atoms with E-state index in [0.29, 0.717) is 29.2 Å². The minimum absolute atomic E-state index is 0.0151. The third-order valence-corrected chi connectivity index (χ3v) is 2.72. The van der Waals surface area contributed by atoms with Gasteiger partial charge in [0.15, 0.2) is 17.6 Å². The molecule has 1 N–H and O–H groups in total. The molecule has 6 nitrogen and oxygen atoms in total. The van der Waals surface area contributed by atoms with Crippen LogP contribution < -0.4 is 14.2 Å². The van der Waals surface area contributed by atoms with E-state index >= 15 is 0 Å². The first kappa shape index (κ1) is 16.1. The molecule has 0 spiro atoms. The Balaban J connectivity index is 3.10. The van der Waals surface area contributed by atoms with E-state index in [1.165, 1.54) is 21.3 Å². The van der Waals surface area contributed by atoms with Gasteiger partial charge in [0.1, 0.15) is 5.75 Å². The van der Waals surface area contributed by atoms with Gasteiger partial charge in [-0.15, -0.1) is 0 Å². The number of benzene rings is 1. The lowest BCUT2D eigenvalue weighted by Gasteiger charge is -2.17. The van der Waals surface area contributed by atoms with E-state index in [1.807, 2.05) is 0 Å². The molecule has 1 unspecified atom stereocenters. The lowest BCUT2D eigenvalue weighted by Crippen LogP contribution is -2.07. The molecule has 0 fully saturated rings. The third kappa shape index (κ3) is 3.76. The predicted octanol–water partition coefficient (Wildman–Crippen LogP) is 1.68. The number of nitriles is 1. The highest BCUT2D eigenvalue weighted by Gasteiger charge is 2.20. The molecule has 0 saturated carbocycles. The first-order valence-electron chi connectivity index (χ1n) is 6.13. The van der Waals surface area contributed by atoms with Gasteiger partial charge in [0, 0.05) is 18.2 Å². The van der Waals surface area contributed by atoms with Crippen molar-refractivity contribution in [3.05, 3.63) is 17.7 Å². The van der Waals surface area contributed by atoms with Gasteiger partial charge in [-0.05, 0) is 12.5 Å². The Morgan fingerprint density at radius 1 is 1.10 bits per heavy atom. The van der Waals surface area contributed by atoms with Crippen molar-refractivity contribution in [2.75, 3.05) is 34.5 Å². The number of hydrogen-bond acceptors (Lipinski definition) is 6. The molecule has 20 heavy (non-hydrogen) atoms. The highest BCUT2D eigenvalue weighted by molar-refractivity contribution is 5.52. The van der Waals surface area contributed by atoms with Crippen LogP contribution in [0.5, 0.6) is 17.2 Å². The fraction of sp³-hybridized carbons (Fsp3) is 0.500. The Labute approximate surface area is 118 Å². The summed E-state index contributed by atoms with van der Waals surface area (Å²) in [6.07, 6.45) is -0.329. The van der Waals surface area contributed by atoms with Crippen molar-refractivity contribution in [1.82, 2.24) is 0 Å². The average Bonchev–Trinajstić information content (AvgIpc) is 2.50. The van der Waals surface area contributed by atoms with Crippen LogP contribution in [0.15, 0.2) is 12.1 Å². The quantitative estimate of drug-likeness (QED) is 0.730. The zero-order valence-corrected chi connectivity index (χ0v) is 11.9. The number of hydrogen-bond donors (Lipinski definition) is 1. The summed E-state index contributed by atoms with van der Waals surface area (Å²) in [5, 5.41) is 18.0. The standard InChI is InChI=1S/C14H19NO5/c1-17-11-8-13(19-3)12(18-2)7-10(11)14(9-15)20-6-4-5-16/h7-8,14,16H,4-6H2,1-3H3. The lowest BCUT2D eigenvalue weighted by molar-refractivity contribution is 0.0756. The topological polar surface area (TPSA) is 80.9 Å². The zero-order chi connectivity index (χ0) is 15.0. The van der Waals surface area contributed by atoms with Gasteiger partial charge in [0.2, 0.25) is 0 Å². The van der Waals surface area contributed by atoms with Crippen LogP contribution >= 0.6 is 0 Å². The number of ether oxygens (including phenoxy) is 4. The molecule has 0 radical (unpaired) electrons. The van der Waals surface area contributed by atoms with Crippen molar-refractivity contribution in [3.8, 4) is 23.3 Å². The molecule has 0 bridgehead atoms. The normalized spacial score (nSPS) is 11.6. The highest BCUT2D eigenvalue weighted by atomic mass is 16.5. The minimum Gasteiger partial charge on any atom is -0.496 e.